The second-order valence-corrected chi connectivity index (χ2v) is 3.76. The summed E-state index contributed by atoms with van der Waals surface area (Å²) in [5.74, 6) is 5.65. The van der Waals surface area contributed by atoms with Crippen molar-refractivity contribution in [1.82, 2.24) is 0 Å². The number of benzene rings is 2. The summed E-state index contributed by atoms with van der Waals surface area (Å²) >= 11 is 4.75. The Morgan fingerprint density at radius 3 is 2.12 bits per heavy atom. The van der Waals surface area contributed by atoms with Crippen LogP contribution in [0, 0.1) is 0 Å². The molecule has 2 rings (SSSR count). The fourth-order valence-corrected chi connectivity index (χ4v) is 1.59. The van der Waals surface area contributed by atoms with Gasteiger partial charge in [0.15, 0.2) is 0 Å². The van der Waals surface area contributed by atoms with Crippen LogP contribution >= 0.6 is 12.2 Å². The third-order valence-electron chi connectivity index (χ3n) is 2.34. The molecule has 0 saturated heterocycles. The van der Waals surface area contributed by atoms with Crippen LogP contribution in [0.3, 0.4) is 0 Å². The first-order valence-electron chi connectivity index (χ1n) is 5.21. The molecule has 0 radical (unpaired) electrons. The van der Waals surface area contributed by atoms with Gasteiger partial charge < -0.3 is 5.32 Å². The van der Waals surface area contributed by atoms with Gasteiger partial charge in [-0.3, -0.25) is 5.01 Å². The molecule has 0 spiro atoms. The quantitative estimate of drug-likeness (QED) is 0.492. The lowest BCUT2D eigenvalue weighted by Gasteiger charge is -2.12. The lowest BCUT2D eigenvalue weighted by atomic mass is 10.2. The molecule has 0 aromatic heterocycles. The van der Waals surface area contributed by atoms with Gasteiger partial charge in [-0.25, -0.2) is 5.84 Å². The summed E-state index contributed by atoms with van der Waals surface area (Å²) in [6, 6.07) is 17.7. The maximum absolute atomic E-state index is 5.65. The highest BCUT2D eigenvalue weighted by Crippen LogP contribution is 2.19. The zero-order valence-corrected chi connectivity index (χ0v) is 10.0. The predicted octanol–water partition coefficient (Wildman–Crippen LogP) is 3.07. The van der Waals surface area contributed by atoms with E-state index in [1.807, 2.05) is 54.6 Å². The van der Waals surface area contributed by atoms with Gasteiger partial charge in [0.05, 0.1) is 11.2 Å². The van der Waals surface area contributed by atoms with Crippen molar-refractivity contribution >= 4 is 34.8 Å². The van der Waals surface area contributed by atoms with E-state index in [0.717, 1.165) is 17.1 Å². The average molecular weight is 243 g/mol. The minimum absolute atomic E-state index is 0.860. The maximum atomic E-state index is 5.65. The van der Waals surface area contributed by atoms with Gasteiger partial charge >= 0.3 is 0 Å². The molecule has 3 nitrogen and oxygen atoms in total. The molecule has 0 heterocycles. The number of rotatable bonds is 4. The fraction of sp³-hybridized carbons (Fsp3) is 0. The highest BCUT2D eigenvalue weighted by atomic mass is 32.1. The van der Waals surface area contributed by atoms with Crippen molar-refractivity contribution in [2.45, 2.75) is 0 Å². The lowest BCUT2D eigenvalue weighted by molar-refractivity contribution is 1.17. The molecule has 2 aromatic rings. The van der Waals surface area contributed by atoms with Crippen molar-refractivity contribution in [3.63, 3.8) is 0 Å². The molecule has 0 aliphatic rings. The number of anilines is 3. The number of hydrazine groups is 1. The van der Waals surface area contributed by atoms with Gasteiger partial charge in [0.2, 0.25) is 0 Å². The Morgan fingerprint density at radius 1 is 0.941 bits per heavy atom. The van der Waals surface area contributed by atoms with E-state index in [9.17, 15) is 0 Å². The first-order valence-corrected chi connectivity index (χ1v) is 5.68. The Labute approximate surface area is 106 Å². The standard InChI is InChI=1S/C13H13N3S/c14-16(10-17)13-8-6-12(7-9-13)15-11-4-2-1-3-5-11/h1-10,15H,14H2. The largest absolute Gasteiger partial charge is 0.356 e. The number of hydrogen-bond acceptors (Lipinski definition) is 3. The third kappa shape index (κ3) is 3.03. The zero-order chi connectivity index (χ0) is 12.1. The Hall–Kier alpha value is -1.91. The first-order chi connectivity index (χ1) is 8.29. The normalized spacial score (nSPS) is 9.71. The minimum Gasteiger partial charge on any atom is -0.356 e. The van der Waals surface area contributed by atoms with E-state index in [1.165, 1.54) is 10.5 Å². The number of hydrogen-bond donors (Lipinski definition) is 2. The van der Waals surface area contributed by atoms with Crippen LogP contribution in [0.15, 0.2) is 54.6 Å². The van der Waals surface area contributed by atoms with Crippen molar-refractivity contribution in [2.24, 2.45) is 5.84 Å². The summed E-state index contributed by atoms with van der Waals surface area (Å²) in [5.41, 5.74) is 4.33. The number of nitrogens with zero attached hydrogens (tertiary/aromatic N) is 1. The molecule has 17 heavy (non-hydrogen) atoms. The highest BCUT2D eigenvalue weighted by molar-refractivity contribution is 7.79. The van der Waals surface area contributed by atoms with Gasteiger partial charge in [-0.1, -0.05) is 30.4 Å². The van der Waals surface area contributed by atoms with Crippen LogP contribution in [-0.2, 0) is 0 Å². The molecule has 2 aromatic carbocycles. The molecule has 0 aliphatic heterocycles. The van der Waals surface area contributed by atoms with Crippen LogP contribution < -0.4 is 16.2 Å². The van der Waals surface area contributed by atoms with Crippen LogP contribution in [0.25, 0.3) is 0 Å². The molecule has 86 valence electrons. The van der Waals surface area contributed by atoms with Crippen LogP contribution in [0.1, 0.15) is 0 Å². The monoisotopic (exact) mass is 243 g/mol. The molecule has 0 atom stereocenters. The van der Waals surface area contributed by atoms with E-state index >= 15 is 0 Å². The smallest absolute Gasteiger partial charge is 0.0843 e. The molecule has 0 fully saturated rings. The second kappa shape index (κ2) is 5.43. The van der Waals surface area contributed by atoms with E-state index in [0.29, 0.717) is 0 Å². The molecule has 0 unspecified atom stereocenters. The molecule has 3 N–H and O–H groups in total. The summed E-state index contributed by atoms with van der Waals surface area (Å²) in [6.45, 7) is 0. The van der Waals surface area contributed by atoms with Crippen molar-refractivity contribution in [2.75, 3.05) is 10.3 Å². The molecule has 4 heteroatoms. The van der Waals surface area contributed by atoms with Crippen LogP contribution in [0.4, 0.5) is 17.1 Å². The number of nitrogens with two attached hydrogens (primary N) is 1. The van der Waals surface area contributed by atoms with Gasteiger partial charge in [0.1, 0.15) is 0 Å². The molecule has 0 saturated carbocycles. The maximum Gasteiger partial charge on any atom is 0.0843 e. The van der Waals surface area contributed by atoms with Crippen LogP contribution in [0.5, 0.6) is 0 Å². The molecule has 0 aliphatic carbocycles. The summed E-state index contributed by atoms with van der Waals surface area (Å²) in [7, 11) is 0. The van der Waals surface area contributed by atoms with Gasteiger partial charge in [0.25, 0.3) is 0 Å². The highest BCUT2D eigenvalue weighted by Gasteiger charge is 1.98. The predicted molar refractivity (Wildman–Crippen MR) is 76.5 cm³/mol. The topological polar surface area (TPSA) is 41.3 Å². The summed E-state index contributed by atoms with van der Waals surface area (Å²) in [5, 5.41) is 4.70. The van der Waals surface area contributed by atoms with Gasteiger partial charge in [0, 0.05) is 11.4 Å². The third-order valence-corrected chi connectivity index (χ3v) is 2.57. The van der Waals surface area contributed by atoms with Crippen molar-refractivity contribution in [3.05, 3.63) is 54.6 Å². The van der Waals surface area contributed by atoms with Crippen LogP contribution in [0.2, 0.25) is 0 Å². The van der Waals surface area contributed by atoms with Crippen molar-refractivity contribution in [1.29, 1.82) is 0 Å². The average Bonchev–Trinajstić information content (AvgIpc) is 2.40. The number of para-hydroxylation sites is 1. The molecule has 0 amide bonds. The number of nitrogens with one attached hydrogen (secondary N) is 1. The summed E-state index contributed by atoms with van der Waals surface area (Å²) in [6.07, 6.45) is 0. The molecule has 0 bridgehead atoms. The Balaban J connectivity index is 2.11. The SMILES string of the molecule is NN(C=S)c1ccc(Nc2ccccc2)cc1. The van der Waals surface area contributed by atoms with Crippen LogP contribution in [-0.4, -0.2) is 5.49 Å². The minimum atomic E-state index is 0.860. The van der Waals surface area contributed by atoms with E-state index in [-0.39, 0.29) is 0 Å². The number of thiocarbonyl (C=S) groups is 1. The zero-order valence-electron chi connectivity index (χ0n) is 9.21. The summed E-state index contributed by atoms with van der Waals surface area (Å²) in [4.78, 5) is 0. The Bertz CT molecular complexity index is 482. The van der Waals surface area contributed by atoms with Gasteiger partial charge in [-0.05, 0) is 36.4 Å². The van der Waals surface area contributed by atoms with Crippen molar-refractivity contribution in [3.8, 4) is 0 Å². The van der Waals surface area contributed by atoms with Crippen molar-refractivity contribution < 1.29 is 0 Å². The Kier molecular flexibility index (Phi) is 3.69. The second-order valence-electron chi connectivity index (χ2n) is 3.55. The van der Waals surface area contributed by atoms with E-state index in [4.69, 9.17) is 18.1 Å². The lowest BCUT2D eigenvalue weighted by Crippen LogP contribution is -2.27. The van der Waals surface area contributed by atoms with Gasteiger partial charge in [-0.15, -0.1) is 0 Å². The van der Waals surface area contributed by atoms with E-state index in [1.54, 1.807) is 0 Å². The van der Waals surface area contributed by atoms with E-state index in [2.05, 4.69) is 5.32 Å². The molecular weight excluding hydrogens is 230 g/mol. The molecular formula is C13H13N3S. The first kappa shape index (κ1) is 11.6. The van der Waals surface area contributed by atoms with E-state index < -0.39 is 0 Å². The Morgan fingerprint density at radius 2 is 1.53 bits per heavy atom. The summed E-state index contributed by atoms with van der Waals surface area (Å²) < 4.78 is 0. The van der Waals surface area contributed by atoms with Gasteiger partial charge in [-0.2, -0.15) is 0 Å². The fourth-order valence-electron chi connectivity index (χ4n) is 1.47.